The molecule has 0 atom stereocenters. The highest BCUT2D eigenvalue weighted by Crippen LogP contribution is 2.25. The molecule has 8 heteroatoms. The van der Waals surface area contributed by atoms with Crippen LogP contribution in [0.3, 0.4) is 0 Å². The SMILES string of the molecule is COC(=O)C1CCN(c2ccc3nnc(-c4ccsc4)n3n2)CC1. The van der Waals surface area contributed by atoms with Gasteiger partial charge >= 0.3 is 5.97 Å². The first-order chi connectivity index (χ1) is 11.8. The molecule has 1 aliphatic rings. The summed E-state index contributed by atoms with van der Waals surface area (Å²) in [5.74, 6) is 1.50. The smallest absolute Gasteiger partial charge is 0.308 e. The van der Waals surface area contributed by atoms with Crippen molar-refractivity contribution in [3.8, 4) is 11.4 Å². The highest BCUT2D eigenvalue weighted by molar-refractivity contribution is 7.08. The van der Waals surface area contributed by atoms with Gasteiger partial charge in [0.25, 0.3) is 0 Å². The second-order valence-electron chi connectivity index (χ2n) is 5.78. The summed E-state index contributed by atoms with van der Waals surface area (Å²) in [5, 5.41) is 17.2. The number of esters is 1. The van der Waals surface area contributed by atoms with Gasteiger partial charge in [0.1, 0.15) is 5.82 Å². The summed E-state index contributed by atoms with van der Waals surface area (Å²) in [6.45, 7) is 1.57. The predicted molar refractivity (Wildman–Crippen MR) is 91.0 cm³/mol. The van der Waals surface area contributed by atoms with E-state index in [9.17, 15) is 4.79 Å². The van der Waals surface area contributed by atoms with Crippen LogP contribution >= 0.6 is 11.3 Å². The molecule has 0 spiro atoms. The Labute approximate surface area is 142 Å². The molecular weight excluding hydrogens is 326 g/mol. The number of rotatable bonds is 3. The number of hydrogen-bond donors (Lipinski definition) is 0. The number of methoxy groups -OCH3 is 1. The number of fused-ring (bicyclic) bond motifs is 1. The number of carbonyl (C=O) groups is 1. The monoisotopic (exact) mass is 343 g/mol. The van der Waals surface area contributed by atoms with Crippen molar-refractivity contribution in [2.24, 2.45) is 5.92 Å². The zero-order valence-electron chi connectivity index (χ0n) is 13.3. The van der Waals surface area contributed by atoms with Gasteiger partial charge in [-0.2, -0.15) is 15.9 Å². The molecule has 124 valence electrons. The third-order valence-electron chi connectivity index (χ3n) is 4.38. The summed E-state index contributed by atoms with van der Waals surface area (Å²) in [5.41, 5.74) is 1.74. The fraction of sp³-hybridized carbons (Fsp3) is 0.375. The largest absolute Gasteiger partial charge is 0.469 e. The van der Waals surface area contributed by atoms with Gasteiger partial charge in [-0.1, -0.05) is 0 Å². The van der Waals surface area contributed by atoms with Crippen LogP contribution in [0, 0.1) is 5.92 Å². The molecule has 0 N–H and O–H groups in total. The van der Waals surface area contributed by atoms with Gasteiger partial charge in [-0.05, 0) is 36.4 Å². The number of aromatic nitrogens is 4. The zero-order chi connectivity index (χ0) is 16.5. The molecular formula is C16H17N5O2S. The van der Waals surface area contributed by atoms with E-state index in [1.165, 1.54) is 7.11 Å². The van der Waals surface area contributed by atoms with Crippen molar-refractivity contribution in [3.05, 3.63) is 29.0 Å². The molecule has 1 fully saturated rings. The number of piperidine rings is 1. The molecule has 0 bridgehead atoms. The van der Waals surface area contributed by atoms with Crippen molar-refractivity contribution in [2.45, 2.75) is 12.8 Å². The Morgan fingerprint density at radius 3 is 2.79 bits per heavy atom. The van der Waals surface area contributed by atoms with Gasteiger partial charge in [0, 0.05) is 24.0 Å². The Kier molecular flexibility index (Phi) is 3.89. The summed E-state index contributed by atoms with van der Waals surface area (Å²) in [7, 11) is 1.45. The Hall–Kier alpha value is -2.48. The quantitative estimate of drug-likeness (QED) is 0.679. The third-order valence-corrected chi connectivity index (χ3v) is 5.06. The molecule has 0 saturated carbocycles. The number of anilines is 1. The van der Waals surface area contributed by atoms with Crippen LogP contribution in [0.25, 0.3) is 17.0 Å². The van der Waals surface area contributed by atoms with E-state index in [2.05, 4.69) is 15.1 Å². The second kappa shape index (κ2) is 6.20. The summed E-state index contributed by atoms with van der Waals surface area (Å²) < 4.78 is 6.62. The Morgan fingerprint density at radius 2 is 2.08 bits per heavy atom. The van der Waals surface area contributed by atoms with E-state index in [0.29, 0.717) is 0 Å². The van der Waals surface area contributed by atoms with E-state index in [0.717, 1.165) is 48.8 Å². The van der Waals surface area contributed by atoms with Crippen molar-refractivity contribution in [3.63, 3.8) is 0 Å². The van der Waals surface area contributed by atoms with Crippen molar-refractivity contribution in [2.75, 3.05) is 25.1 Å². The molecule has 4 rings (SSSR count). The average molecular weight is 343 g/mol. The first-order valence-electron chi connectivity index (χ1n) is 7.84. The lowest BCUT2D eigenvalue weighted by Gasteiger charge is -2.31. The highest BCUT2D eigenvalue weighted by atomic mass is 32.1. The van der Waals surface area contributed by atoms with Crippen LogP contribution in [-0.2, 0) is 9.53 Å². The minimum Gasteiger partial charge on any atom is -0.469 e. The normalized spacial score (nSPS) is 15.8. The third kappa shape index (κ3) is 2.62. The van der Waals surface area contributed by atoms with Gasteiger partial charge in [-0.15, -0.1) is 15.3 Å². The Balaban J connectivity index is 1.59. The van der Waals surface area contributed by atoms with Gasteiger partial charge in [0.2, 0.25) is 0 Å². The van der Waals surface area contributed by atoms with Crippen molar-refractivity contribution >= 4 is 28.8 Å². The lowest BCUT2D eigenvalue weighted by molar-refractivity contribution is -0.146. The molecule has 3 aromatic rings. The molecule has 1 saturated heterocycles. The predicted octanol–water partition coefficient (Wildman–Crippen LogP) is 2.24. The van der Waals surface area contributed by atoms with Gasteiger partial charge in [0.05, 0.1) is 13.0 Å². The lowest BCUT2D eigenvalue weighted by Crippen LogP contribution is -2.37. The number of thiophene rings is 1. The van der Waals surface area contributed by atoms with Crippen LogP contribution in [-0.4, -0.2) is 46.0 Å². The lowest BCUT2D eigenvalue weighted by atomic mass is 9.97. The van der Waals surface area contributed by atoms with Crippen molar-refractivity contribution in [1.29, 1.82) is 0 Å². The van der Waals surface area contributed by atoms with Crippen LogP contribution in [0.4, 0.5) is 5.82 Å². The number of hydrogen-bond acceptors (Lipinski definition) is 7. The van der Waals surface area contributed by atoms with E-state index in [1.54, 1.807) is 15.9 Å². The Morgan fingerprint density at radius 1 is 1.25 bits per heavy atom. The first-order valence-corrected chi connectivity index (χ1v) is 8.78. The van der Waals surface area contributed by atoms with E-state index in [-0.39, 0.29) is 11.9 Å². The highest BCUT2D eigenvalue weighted by Gasteiger charge is 2.26. The molecule has 0 aromatic carbocycles. The molecule has 0 unspecified atom stereocenters. The molecule has 7 nitrogen and oxygen atoms in total. The van der Waals surface area contributed by atoms with Gasteiger partial charge in [-0.25, -0.2) is 0 Å². The standard InChI is InChI=1S/C16H17N5O2S/c1-23-16(22)11-4-7-20(8-5-11)14-3-2-13-17-18-15(21(13)19-14)12-6-9-24-10-12/h2-3,6,9-11H,4-5,7-8H2,1H3. The first kappa shape index (κ1) is 15.1. The fourth-order valence-electron chi connectivity index (χ4n) is 3.03. The van der Waals surface area contributed by atoms with Crippen LogP contribution in [0.2, 0.25) is 0 Å². The topological polar surface area (TPSA) is 72.6 Å². The molecule has 3 aromatic heterocycles. The summed E-state index contributed by atoms with van der Waals surface area (Å²) in [6.07, 6.45) is 1.57. The maximum atomic E-state index is 11.7. The maximum Gasteiger partial charge on any atom is 0.308 e. The summed E-state index contributed by atoms with van der Waals surface area (Å²) >= 11 is 1.62. The van der Waals surface area contributed by atoms with Crippen LogP contribution in [0.1, 0.15) is 12.8 Å². The van der Waals surface area contributed by atoms with Gasteiger partial charge in [-0.3, -0.25) is 4.79 Å². The molecule has 24 heavy (non-hydrogen) atoms. The van der Waals surface area contributed by atoms with E-state index >= 15 is 0 Å². The average Bonchev–Trinajstić information content (AvgIpc) is 3.29. The van der Waals surface area contributed by atoms with Crippen LogP contribution in [0.15, 0.2) is 29.0 Å². The van der Waals surface area contributed by atoms with Crippen LogP contribution in [0.5, 0.6) is 0 Å². The van der Waals surface area contributed by atoms with E-state index in [1.807, 2.05) is 29.0 Å². The Bertz CT molecular complexity index is 853. The zero-order valence-corrected chi connectivity index (χ0v) is 14.1. The van der Waals surface area contributed by atoms with E-state index < -0.39 is 0 Å². The molecule has 0 aliphatic carbocycles. The van der Waals surface area contributed by atoms with Gasteiger partial charge in [0.15, 0.2) is 11.5 Å². The molecule has 0 radical (unpaired) electrons. The van der Waals surface area contributed by atoms with E-state index in [4.69, 9.17) is 9.84 Å². The second-order valence-corrected chi connectivity index (χ2v) is 6.56. The summed E-state index contributed by atoms with van der Waals surface area (Å²) in [6, 6.07) is 5.90. The maximum absolute atomic E-state index is 11.7. The summed E-state index contributed by atoms with van der Waals surface area (Å²) in [4.78, 5) is 13.8. The minimum atomic E-state index is -0.114. The van der Waals surface area contributed by atoms with Crippen molar-refractivity contribution in [1.82, 2.24) is 19.8 Å². The number of nitrogens with zero attached hydrogens (tertiary/aromatic N) is 5. The number of carbonyl (C=O) groups excluding carboxylic acids is 1. The van der Waals surface area contributed by atoms with Crippen molar-refractivity contribution < 1.29 is 9.53 Å². The van der Waals surface area contributed by atoms with Gasteiger partial charge < -0.3 is 9.64 Å². The van der Waals surface area contributed by atoms with Crippen LogP contribution < -0.4 is 4.90 Å². The molecule has 4 heterocycles. The molecule has 1 aliphatic heterocycles. The minimum absolute atomic E-state index is 0.00809. The fourth-order valence-corrected chi connectivity index (χ4v) is 3.66. The number of ether oxygens (including phenoxy) is 1. The molecule has 0 amide bonds.